The van der Waals surface area contributed by atoms with Gasteiger partial charge in [0.05, 0.1) is 0 Å². The van der Waals surface area contributed by atoms with Gasteiger partial charge in [-0.05, 0) is 0 Å². The second-order valence-electron chi connectivity index (χ2n) is 5.11. The van der Waals surface area contributed by atoms with Gasteiger partial charge in [0.2, 0.25) is 19.6 Å². The van der Waals surface area contributed by atoms with E-state index in [0.717, 1.165) is 0 Å². The number of nitrogens with zero attached hydrogens (tertiary/aromatic N) is 6. The smallest absolute Gasteiger partial charge is 0.304 e. The van der Waals surface area contributed by atoms with Crippen LogP contribution in [0, 0.1) is 60.7 Å². The Morgan fingerprint density at radius 2 is 0.742 bits per heavy atom. The summed E-state index contributed by atoms with van der Waals surface area (Å²) in [5.41, 5.74) is 0. The van der Waals surface area contributed by atoms with E-state index in [1.807, 2.05) is 0 Å². The third-order valence-corrected chi connectivity index (χ3v) is 3.06. The van der Waals surface area contributed by atoms with Crippen molar-refractivity contribution in [1.29, 1.82) is 0 Å². The first-order valence-electron chi connectivity index (χ1n) is 6.69. The van der Waals surface area contributed by atoms with E-state index >= 15 is 0 Å². The van der Waals surface area contributed by atoms with Crippen molar-refractivity contribution in [2.45, 2.75) is 30.2 Å². The van der Waals surface area contributed by atoms with Crippen LogP contribution in [-0.4, -0.2) is 66.5 Å². The molecule has 0 amide bonds. The number of halogens is 4. The van der Waals surface area contributed by atoms with E-state index in [4.69, 9.17) is 0 Å². The van der Waals surface area contributed by atoms with Crippen molar-refractivity contribution >= 4 is 0 Å². The van der Waals surface area contributed by atoms with Gasteiger partial charge >= 0.3 is 23.8 Å². The molecule has 0 aliphatic rings. The molecule has 0 rings (SSSR count). The molecular formula is C7H6F4N6O14. The van der Waals surface area contributed by atoms with E-state index in [9.17, 15) is 78.2 Å². The van der Waals surface area contributed by atoms with Gasteiger partial charge in [0, 0.05) is 0 Å². The molecule has 0 aliphatic carbocycles. The van der Waals surface area contributed by atoms with E-state index in [1.54, 1.807) is 0 Å². The van der Waals surface area contributed by atoms with Gasteiger partial charge in [0.15, 0.2) is 0 Å². The summed E-state index contributed by atoms with van der Waals surface area (Å²) in [6.45, 7) is -5.57. The van der Waals surface area contributed by atoms with E-state index in [1.165, 1.54) is 0 Å². The average Bonchev–Trinajstić information content (AvgIpc) is 2.63. The molecule has 176 valence electrons. The fourth-order valence-electron chi connectivity index (χ4n) is 1.35. The predicted octanol–water partition coefficient (Wildman–Crippen LogP) is -0.437. The maximum absolute atomic E-state index is 14.6. The molecule has 31 heavy (non-hydrogen) atoms. The number of hydrogen-bond donors (Lipinski definition) is 0. The van der Waals surface area contributed by atoms with Crippen LogP contribution in [0.15, 0.2) is 0 Å². The van der Waals surface area contributed by atoms with Crippen molar-refractivity contribution in [3.8, 4) is 0 Å². The molecule has 0 aromatic carbocycles. The fourth-order valence-corrected chi connectivity index (χ4v) is 1.35. The van der Waals surface area contributed by atoms with Crippen LogP contribution in [0.5, 0.6) is 0 Å². The maximum Gasteiger partial charge on any atom is 0.637 e. The second-order valence-corrected chi connectivity index (χ2v) is 5.11. The molecule has 0 atom stereocenters. The van der Waals surface area contributed by atoms with Crippen LogP contribution in [0.3, 0.4) is 0 Å². The van der Waals surface area contributed by atoms with Crippen LogP contribution < -0.4 is 0 Å². The molecule has 0 saturated heterocycles. The highest BCUT2D eigenvalue weighted by Crippen LogP contribution is 2.34. The van der Waals surface area contributed by atoms with Crippen LogP contribution in [0.25, 0.3) is 0 Å². The van der Waals surface area contributed by atoms with E-state index < -0.39 is 73.0 Å². The van der Waals surface area contributed by atoms with Crippen LogP contribution in [-0.2, 0) is 9.47 Å². The highest BCUT2D eigenvalue weighted by atomic mass is 19.2. The Hall–Kier alpha value is -3.96. The van der Waals surface area contributed by atoms with Gasteiger partial charge in [-0.1, -0.05) is 13.2 Å². The largest absolute Gasteiger partial charge is 0.637 e. The number of ether oxygens (including phenoxy) is 2. The lowest BCUT2D eigenvalue weighted by Crippen LogP contribution is -2.55. The number of hydrogen-bond acceptors (Lipinski definition) is 14. The first-order valence-corrected chi connectivity index (χ1v) is 6.69. The molecule has 0 radical (unpaired) electrons. The Kier molecular flexibility index (Phi) is 7.69. The van der Waals surface area contributed by atoms with Crippen molar-refractivity contribution in [1.82, 2.24) is 0 Å². The highest BCUT2D eigenvalue weighted by molar-refractivity contribution is 4.67. The summed E-state index contributed by atoms with van der Waals surface area (Å²) in [5.74, 6) is -15.2. The van der Waals surface area contributed by atoms with Crippen molar-refractivity contribution < 1.29 is 56.6 Å². The summed E-state index contributed by atoms with van der Waals surface area (Å²) in [6, 6.07) is -5.05. The average molecular weight is 474 g/mol. The van der Waals surface area contributed by atoms with Crippen molar-refractivity contribution in [3.05, 3.63) is 60.7 Å². The summed E-state index contributed by atoms with van der Waals surface area (Å²) < 4.78 is 62.7. The topological polar surface area (TPSA) is 277 Å². The first kappa shape index (κ1) is 27.0. The third kappa shape index (κ3) is 5.56. The normalized spacial score (nSPS) is 12.8. The first-order chi connectivity index (χ1) is 13.8. The van der Waals surface area contributed by atoms with Gasteiger partial charge in [-0.15, -0.1) is 0 Å². The number of alkyl halides is 4. The highest BCUT2D eigenvalue weighted by Gasteiger charge is 2.69. The Balaban J connectivity index is 6.18. The van der Waals surface area contributed by atoms with Crippen LogP contribution in [0.1, 0.15) is 6.42 Å². The summed E-state index contributed by atoms with van der Waals surface area (Å²) in [5, 5.41) is 62.6. The van der Waals surface area contributed by atoms with Crippen LogP contribution >= 0.6 is 0 Å². The Morgan fingerprint density at radius 3 is 0.935 bits per heavy atom. The molecular weight excluding hydrogens is 468 g/mol. The van der Waals surface area contributed by atoms with E-state index in [-0.39, 0.29) is 0 Å². The Bertz CT molecular complexity index is 724. The molecule has 24 heteroatoms. The lowest BCUT2D eigenvalue weighted by atomic mass is 10.3. The minimum Gasteiger partial charge on any atom is -0.304 e. The zero-order valence-electron chi connectivity index (χ0n) is 14.0. The maximum atomic E-state index is 14.6. The van der Waals surface area contributed by atoms with Gasteiger partial charge in [-0.3, -0.25) is 60.7 Å². The molecule has 0 aromatic rings. The van der Waals surface area contributed by atoms with Crippen molar-refractivity contribution in [2.75, 3.05) is 13.2 Å². The molecule has 0 fully saturated rings. The SMILES string of the molecule is O=[N+]([O-])C(F)(COC(F)(CC(F)([N+](=O)[O-])[N+](=O)[O-])OCC(F)([N+](=O)[O-])[N+](=O)[O-])[N+](=O)[O-]. The molecule has 0 bridgehead atoms. The molecule has 0 aliphatic heterocycles. The summed E-state index contributed by atoms with van der Waals surface area (Å²) in [6.07, 6.45) is -3.04. The lowest BCUT2D eigenvalue weighted by molar-refractivity contribution is -0.846. The summed E-state index contributed by atoms with van der Waals surface area (Å²) >= 11 is 0. The van der Waals surface area contributed by atoms with Crippen molar-refractivity contribution in [2.24, 2.45) is 0 Å². The Labute approximate surface area is 162 Å². The summed E-state index contributed by atoms with van der Waals surface area (Å²) in [7, 11) is 0. The number of rotatable bonds is 14. The van der Waals surface area contributed by atoms with Gasteiger partial charge in [0.25, 0.3) is 0 Å². The molecule has 0 saturated carbocycles. The minimum absolute atomic E-state index is 2.38. The standard InChI is InChI=1S/C7H6F4N6O14/c8-4(12(18)19,13(20)21)1-7(11,30-2-5(9,14(22)23)15(24)25)31-3-6(10,16(26)27)17(28)29/h1-3H2. The molecule has 0 unspecified atom stereocenters. The predicted molar refractivity (Wildman–Crippen MR) is 73.8 cm³/mol. The van der Waals surface area contributed by atoms with Crippen LogP contribution in [0.2, 0.25) is 0 Å². The van der Waals surface area contributed by atoms with Gasteiger partial charge in [-0.25, -0.2) is 0 Å². The zero-order chi connectivity index (χ0) is 25.0. The molecule has 20 nitrogen and oxygen atoms in total. The molecule has 0 spiro atoms. The van der Waals surface area contributed by atoms with E-state index in [2.05, 4.69) is 9.47 Å². The zero-order valence-corrected chi connectivity index (χ0v) is 14.0. The minimum atomic E-state index is -5.21. The van der Waals surface area contributed by atoms with Gasteiger partial charge < -0.3 is 9.47 Å². The monoisotopic (exact) mass is 474 g/mol. The molecule has 0 aromatic heterocycles. The van der Waals surface area contributed by atoms with Crippen molar-refractivity contribution in [3.63, 3.8) is 0 Å². The second kappa shape index (κ2) is 8.81. The number of nitro groups is 6. The third-order valence-electron chi connectivity index (χ3n) is 3.06. The van der Waals surface area contributed by atoms with E-state index in [0.29, 0.717) is 0 Å². The summed E-state index contributed by atoms with van der Waals surface area (Å²) in [4.78, 5) is 48.1. The van der Waals surface area contributed by atoms with Crippen LogP contribution in [0.4, 0.5) is 17.6 Å². The molecule has 0 N–H and O–H groups in total. The fraction of sp³-hybridized carbons (Fsp3) is 1.00. The Morgan fingerprint density at radius 1 is 0.516 bits per heavy atom. The lowest BCUT2D eigenvalue weighted by Gasteiger charge is -2.25. The molecule has 0 heterocycles. The van der Waals surface area contributed by atoms with Gasteiger partial charge in [0.1, 0.15) is 29.5 Å². The quantitative estimate of drug-likeness (QED) is 0.101. The van der Waals surface area contributed by atoms with Gasteiger partial charge in [-0.2, -0.15) is 4.39 Å².